The predicted octanol–water partition coefficient (Wildman–Crippen LogP) is 3.63. The first-order chi connectivity index (χ1) is 8.77. The first kappa shape index (κ1) is 13.9. The molecule has 0 amide bonds. The Bertz CT molecular complexity index is 355. The minimum absolute atomic E-state index is 0.109. The predicted molar refractivity (Wildman–Crippen MR) is 73.9 cm³/mol. The van der Waals surface area contributed by atoms with Crippen molar-refractivity contribution in [2.24, 2.45) is 5.41 Å². The van der Waals surface area contributed by atoms with Gasteiger partial charge in [0.05, 0.1) is 12.7 Å². The Morgan fingerprint density at radius 3 is 2.78 bits per heavy atom. The van der Waals surface area contributed by atoms with Gasteiger partial charge in [0.2, 0.25) is 0 Å². The van der Waals surface area contributed by atoms with Crippen molar-refractivity contribution >= 4 is 11.6 Å². The van der Waals surface area contributed by atoms with Gasteiger partial charge in [-0.1, -0.05) is 30.3 Å². The third-order valence-corrected chi connectivity index (χ3v) is 4.48. The molecule has 1 saturated heterocycles. The average Bonchev–Trinajstić information content (AvgIpc) is 2.78. The van der Waals surface area contributed by atoms with Crippen LogP contribution in [0.25, 0.3) is 0 Å². The highest BCUT2D eigenvalue weighted by Crippen LogP contribution is 2.39. The first-order valence-corrected chi connectivity index (χ1v) is 7.09. The maximum atomic E-state index is 6.12. The summed E-state index contributed by atoms with van der Waals surface area (Å²) in [7, 11) is 0. The van der Waals surface area contributed by atoms with Gasteiger partial charge in [-0.3, -0.25) is 0 Å². The third-order valence-electron chi connectivity index (χ3n) is 3.95. The van der Waals surface area contributed by atoms with Crippen LogP contribution in [0, 0.1) is 5.41 Å². The molecule has 0 radical (unpaired) electrons. The molecule has 1 aromatic rings. The van der Waals surface area contributed by atoms with E-state index in [2.05, 4.69) is 19.1 Å². The average molecular weight is 269 g/mol. The number of alkyl halides is 1. The van der Waals surface area contributed by atoms with Crippen molar-refractivity contribution in [1.82, 2.24) is 0 Å². The van der Waals surface area contributed by atoms with E-state index in [4.69, 9.17) is 21.1 Å². The van der Waals surface area contributed by atoms with Gasteiger partial charge in [-0.15, -0.1) is 11.6 Å². The molecule has 1 aromatic carbocycles. The summed E-state index contributed by atoms with van der Waals surface area (Å²) in [6.45, 7) is 4.36. The van der Waals surface area contributed by atoms with Gasteiger partial charge in [-0.2, -0.15) is 0 Å². The lowest BCUT2D eigenvalue weighted by Gasteiger charge is -2.29. The SMILES string of the molecule is CC1OCCC1(CCl)CCOCc1ccccc1. The summed E-state index contributed by atoms with van der Waals surface area (Å²) in [6.07, 6.45) is 2.27. The van der Waals surface area contributed by atoms with Crippen LogP contribution in [0.2, 0.25) is 0 Å². The van der Waals surface area contributed by atoms with Gasteiger partial charge in [0, 0.05) is 24.5 Å². The molecule has 2 atom stereocenters. The van der Waals surface area contributed by atoms with Crippen molar-refractivity contribution in [2.45, 2.75) is 32.5 Å². The summed E-state index contributed by atoms with van der Waals surface area (Å²) in [6, 6.07) is 10.2. The molecule has 2 nitrogen and oxygen atoms in total. The van der Waals surface area contributed by atoms with Crippen LogP contribution in [0.3, 0.4) is 0 Å². The summed E-state index contributed by atoms with van der Waals surface area (Å²) < 4.78 is 11.4. The molecule has 0 bridgehead atoms. The molecule has 0 spiro atoms. The number of halogens is 1. The lowest BCUT2D eigenvalue weighted by Crippen LogP contribution is -2.32. The summed E-state index contributed by atoms with van der Waals surface area (Å²) in [5, 5.41) is 0. The van der Waals surface area contributed by atoms with E-state index >= 15 is 0 Å². The van der Waals surface area contributed by atoms with Crippen LogP contribution in [-0.4, -0.2) is 25.2 Å². The number of hydrogen-bond donors (Lipinski definition) is 0. The second kappa shape index (κ2) is 6.55. The number of benzene rings is 1. The van der Waals surface area contributed by atoms with Crippen molar-refractivity contribution in [1.29, 1.82) is 0 Å². The van der Waals surface area contributed by atoms with Gasteiger partial charge in [0.1, 0.15) is 0 Å². The van der Waals surface area contributed by atoms with Crippen LogP contribution >= 0.6 is 11.6 Å². The van der Waals surface area contributed by atoms with E-state index < -0.39 is 0 Å². The highest BCUT2D eigenvalue weighted by Gasteiger charge is 2.40. The fourth-order valence-corrected chi connectivity index (χ4v) is 2.91. The van der Waals surface area contributed by atoms with Crippen molar-refractivity contribution in [3.63, 3.8) is 0 Å². The standard InChI is InChI=1S/C15H21ClO2/c1-13-15(12-16,8-10-18-13)7-9-17-11-14-5-3-2-4-6-14/h2-6,13H,7-12H2,1H3. The van der Waals surface area contributed by atoms with E-state index in [1.54, 1.807) is 0 Å². The normalized spacial score (nSPS) is 27.6. The van der Waals surface area contributed by atoms with E-state index in [0.717, 1.165) is 26.1 Å². The van der Waals surface area contributed by atoms with Gasteiger partial charge >= 0.3 is 0 Å². The number of rotatable bonds is 6. The van der Waals surface area contributed by atoms with Crippen LogP contribution < -0.4 is 0 Å². The molecule has 18 heavy (non-hydrogen) atoms. The van der Waals surface area contributed by atoms with Crippen LogP contribution in [0.15, 0.2) is 30.3 Å². The molecular weight excluding hydrogens is 248 g/mol. The topological polar surface area (TPSA) is 18.5 Å². The Morgan fingerprint density at radius 2 is 2.17 bits per heavy atom. The first-order valence-electron chi connectivity index (χ1n) is 6.56. The maximum absolute atomic E-state index is 6.12. The van der Waals surface area contributed by atoms with Crippen molar-refractivity contribution < 1.29 is 9.47 Å². The van der Waals surface area contributed by atoms with E-state index in [1.165, 1.54) is 5.56 Å². The molecule has 3 heteroatoms. The highest BCUT2D eigenvalue weighted by molar-refractivity contribution is 6.18. The third kappa shape index (κ3) is 3.25. The Morgan fingerprint density at radius 1 is 1.39 bits per heavy atom. The molecule has 0 aromatic heterocycles. The zero-order valence-corrected chi connectivity index (χ0v) is 11.7. The van der Waals surface area contributed by atoms with E-state index in [1.807, 2.05) is 18.2 Å². The molecule has 100 valence electrons. The molecular formula is C15H21ClO2. The minimum atomic E-state index is 0.109. The smallest absolute Gasteiger partial charge is 0.0716 e. The van der Waals surface area contributed by atoms with Gasteiger partial charge in [0.25, 0.3) is 0 Å². The Kier molecular flexibility index (Phi) is 5.04. The van der Waals surface area contributed by atoms with Crippen LogP contribution in [0.1, 0.15) is 25.3 Å². The Balaban J connectivity index is 1.75. The lowest BCUT2D eigenvalue weighted by molar-refractivity contribution is 0.0398. The Hall–Kier alpha value is -0.570. The molecule has 1 heterocycles. The summed E-state index contributed by atoms with van der Waals surface area (Å²) >= 11 is 6.12. The maximum Gasteiger partial charge on any atom is 0.0716 e. The molecule has 2 unspecified atom stereocenters. The van der Waals surface area contributed by atoms with Crippen LogP contribution in [0.4, 0.5) is 0 Å². The van der Waals surface area contributed by atoms with Gasteiger partial charge in [-0.25, -0.2) is 0 Å². The largest absolute Gasteiger partial charge is 0.378 e. The molecule has 1 fully saturated rings. The molecule has 1 aliphatic heterocycles. The quantitative estimate of drug-likeness (QED) is 0.579. The van der Waals surface area contributed by atoms with Crippen LogP contribution in [-0.2, 0) is 16.1 Å². The second-order valence-corrected chi connectivity index (χ2v) is 5.31. The highest BCUT2D eigenvalue weighted by atomic mass is 35.5. The number of hydrogen-bond acceptors (Lipinski definition) is 2. The summed E-state index contributed by atoms with van der Waals surface area (Å²) in [5.41, 5.74) is 1.33. The molecule has 1 aliphatic rings. The van der Waals surface area contributed by atoms with E-state index in [0.29, 0.717) is 12.5 Å². The zero-order chi connectivity index (χ0) is 12.8. The molecule has 0 saturated carbocycles. The molecule has 0 aliphatic carbocycles. The molecule has 0 N–H and O–H groups in total. The van der Waals surface area contributed by atoms with Crippen molar-refractivity contribution in [2.75, 3.05) is 19.1 Å². The minimum Gasteiger partial charge on any atom is -0.378 e. The zero-order valence-electron chi connectivity index (χ0n) is 10.9. The van der Waals surface area contributed by atoms with Gasteiger partial charge in [-0.05, 0) is 25.3 Å². The molecule has 2 rings (SSSR count). The fraction of sp³-hybridized carbons (Fsp3) is 0.600. The van der Waals surface area contributed by atoms with Gasteiger partial charge < -0.3 is 9.47 Å². The van der Waals surface area contributed by atoms with Gasteiger partial charge in [0.15, 0.2) is 0 Å². The van der Waals surface area contributed by atoms with E-state index in [-0.39, 0.29) is 11.5 Å². The monoisotopic (exact) mass is 268 g/mol. The fourth-order valence-electron chi connectivity index (χ4n) is 2.43. The summed E-state index contributed by atoms with van der Waals surface area (Å²) in [5.74, 6) is 0.656. The summed E-state index contributed by atoms with van der Waals surface area (Å²) in [4.78, 5) is 0. The Labute approximate surface area is 114 Å². The number of ether oxygens (including phenoxy) is 2. The van der Waals surface area contributed by atoms with Crippen molar-refractivity contribution in [3.05, 3.63) is 35.9 Å². The van der Waals surface area contributed by atoms with E-state index in [9.17, 15) is 0 Å². The van der Waals surface area contributed by atoms with Crippen molar-refractivity contribution in [3.8, 4) is 0 Å². The lowest BCUT2D eigenvalue weighted by atomic mass is 9.81. The van der Waals surface area contributed by atoms with Crippen LogP contribution in [0.5, 0.6) is 0 Å². The second-order valence-electron chi connectivity index (χ2n) is 5.05.